The zero-order chi connectivity index (χ0) is 19.8. The van der Waals surface area contributed by atoms with Crippen LogP contribution in [0.25, 0.3) is 0 Å². The highest BCUT2D eigenvalue weighted by Crippen LogP contribution is 2.37. The van der Waals surface area contributed by atoms with Crippen LogP contribution < -0.4 is 9.64 Å². The summed E-state index contributed by atoms with van der Waals surface area (Å²) < 4.78 is 30.8. The molecule has 1 amide bonds. The lowest BCUT2D eigenvalue weighted by atomic mass is 9.98. The minimum Gasteiger partial charge on any atom is -0.495 e. The smallest absolute Gasteiger partial charge is 0.258 e. The molecule has 0 aromatic heterocycles. The van der Waals surface area contributed by atoms with Gasteiger partial charge in [-0.1, -0.05) is 6.07 Å². The topological polar surface area (TPSA) is 84.0 Å². The molecule has 0 unspecified atom stereocenters. The van der Waals surface area contributed by atoms with Crippen molar-refractivity contribution in [1.29, 1.82) is 0 Å². The maximum atomic E-state index is 13.0. The average Bonchev–Trinajstić information content (AvgIpc) is 2.67. The zero-order valence-electron chi connectivity index (χ0n) is 15.3. The van der Waals surface area contributed by atoms with Gasteiger partial charge in [-0.05, 0) is 36.4 Å². The molecule has 0 bridgehead atoms. The van der Waals surface area contributed by atoms with Crippen molar-refractivity contribution in [1.82, 2.24) is 4.31 Å². The standard InChI is InChI=1S/C19H20N2O5S/c1-20(2)27(24,25)14-9-7-13(8-10-14)19(23)21-12-11-16(22)15-5-4-6-17(26-3)18(15)21/h4-10H,11-12H2,1-3H3. The summed E-state index contributed by atoms with van der Waals surface area (Å²) in [4.78, 5) is 26.9. The van der Waals surface area contributed by atoms with Crippen molar-refractivity contribution in [3.63, 3.8) is 0 Å². The largest absolute Gasteiger partial charge is 0.495 e. The van der Waals surface area contributed by atoms with Gasteiger partial charge in [-0.15, -0.1) is 0 Å². The quantitative estimate of drug-likeness (QED) is 0.802. The first kappa shape index (κ1) is 19.1. The van der Waals surface area contributed by atoms with Crippen LogP contribution >= 0.6 is 0 Å². The fraction of sp³-hybridized carbons (Fsp3) is 0.263. The number of benzene rings is 2. The number of fused-ring (bicyclic) bond motifs is 1. The third-order valence-corrected chi connectivity index (χ3v) is 6.31. The third-order valence-electron chi connectivity index (χ3n) is 4.48. The Bertz CT molecular complexity index is 997. The first-order valence-corrected chi connectivity index (χ1v) is 9.76. The SMILES string of the molecule is COc1cccc2c1N(C(=O)c1ccc(S(=O)(=O)N(C)C)cc1)CCC2=O. The molecule has 0 atom stereocenters. The summed E-state index contributed by atoms with van der Waals surface area (Å²) in [5.41, 5.74) is 1.23. The third kappa shape index (κ3) is 3.33. The Kier molecular flexibility index (Phi) is 5.03. The summed E-state index contributed by atoms with van der Waals surface area (Å²) in [7, 11) is 0.811. The van der Waals surface area contributed by atoms with Crippen LogP contribution in [-0.2, 0) is 10.0 Å². The van der Waals surface area contributed by atoms with Crippen molar-refractivity contribution in [3.8, 4) is 5.75 Å². The van der Waals surface area contributed by atoms with Gasteiger partial charge in [0, 0.05) is 38.2 Å². The summed E-state index contributed by atoms with van der Waals surface area (Å²) in [5.74, 6) is 0.0862. The molecule has 0 spiro atoms. The van der Waals surface area contributed by atoms with Crippen molar-refractivity contribution in [2.24, 2.45) is 0 Å². The predicted octanol–water partition coefficient (Wildman–Crippen LogP) is 2.18. The summed E-state index contributed by atoms with van der Waals surface area (Å²) >= 11 is 0. The second-order valence-corrected chi connectivity index (χ2v) is 8.45. The van der Waals surface area contributed by atoms with Gasteiger partial charge in [0.15, 0.2) is 5.78 Å². The Morgan fingerprint density at radius 3 is 2.37 bits per heavy atom. The molecule has 1 aliphatic heterocycles. The van der Waals surface area contributed by atoms with E-state index in [2.05, 4.69) is 0 Å². The minimum atomic E-state index is -3.57. The molecule has 0 fully saturated rings. The Morgan fingerprint density at radius 2 is 1.78 bits per heavy atom. The summed E-state index contributed by atoms with van der Waals surface area (Å²) in [5, 5.41) is 0. The van der Waals surface area contributed by atoms with E-state index in [0.29, 0.717) is 22.6 Å². The van der Waals surface area contributed by atoms with Crippen molar-refractivity contribution >= 4 is 27.4 Å². The van der Waals surface area contributed by atoms with E-state index in [0.717, 1.165) is 4.31 Å². The van der Waals surface area contributed by atoms with Crippen LogP contribution in [0.2, 0.25) is 0 Å². The van der Waals surface area contributed by atoms with E-state index in [-0.39, 0.29) is 29.6 Å². The number of carbonyl (C=O) groups excluding carboxylic acids is 2. The van der Waals surface area contributed by atoms with Crippen LogP contribution in [0.1, 0.15) is 27.1 Å². The van der Waals surface area contributed by atoms with E-state index in [1.165, 1.54) is 50.4 Å². The van der Waals surface area contributed by atoms with Gasteiger partial charge in [-0.3, -0.25) is 9.59 Å². The Morgan fingerprint density at radius 1 is 1.11 bits per heavy atom. The van der Waals surface area contributed by atoms with Crippen molar-refractivity contribution in [3.05, 3.63) is 53.6 Å². The van der Waals surface area contributed by atoms with Gasteiger partial charge >= 0.3 is 0 Å². The lowest BCUT2D eigenvalue weighted by molar-refractivity contribution is 0.0954. The van der Waals surface area contributed by atoms with E-state index >= 15 is 0 Å². The van der Waals surface area contributed by atoms with E-state index < -0.39 is 10.0 Å². The van der Waals surface area contributed by atoms with Gasteiger partial charge < -0.3 is 9.64 Å². The molecule has 0 saturated heterocycles. The molecule has 142 valence electrons. The van der Waals surface area contributed by atoms with Gasteiger partial charge in [-0.2, -0.15) is 0 Å². The van der Waals surface area contributed by atoms with E-state index in [1.54, 1.807) is 18.2 Å². The van der Waals surface area contributed by atoms with Crippen LogP contribution in [0.5, 0.6) is 5.75 Å². The Labute approximate surface area is 158 Å². The molecule has 7 nitrogen and oxygen atoms in total. The zero-order valence-corrected chi connectivity index (χ0v) is 16.1. The molecular formula is C19H20N2O5S. The lowest BCUT2D eigenvalue weighted by Gasteiger charge is -2.30. The summed E-state index contributed by atoms with van der Waals surface area (Å²) in [6.45, 7) is 0.239. The normalized spacial score (nSPS) is 14.2. The maximum absolute atomic E-state index is 13.0. The second-order valence-electron chi connectivity index (χ2n) is 6.30. The highest BCUT2D eigenvalue weighted by molar-refractivity contribution is 7.89. The first-order chi connectivity index (χ1) is 12.8. The number of hydrogen-bond donors (Lipinski definition) is 0. The number of nitrogens with zero attached hydrogens (tertiary/aromatic N) is 2. The van der Waals surface area contributed by atoms with Crippen LogP contribution in [-0.4, -0.2) is 52.2 Å². The highest BCUT2D eigenvalue weighted by atomic mass is 32.2. The number of sulfonamides is 1. The van der Waals surface area contributed by atoms with E-state index in [1.807, 2.05) is 0 Å². The second kappa shape index (κ2) is 7.13. The number of para-hydroxylation sites is 1. The van der Waals surface area contributed by atoms with E-state index in [9.17, 15) is 18.0 Å². The molecule has 2 aromatic rings. The minimum absolute atomic E-state index is 0.0413. The van der Waals surface area contributed by atoms with Crippen molar-refractivity contribution < 1.29 is 22.7 Å². The number of rotatable bonds is 4. The Balaban J connectivity index is 1.99. The number of ether oxygens (including phenoxy) is 1. The number of hydrogen-bond acceptors (Lipinski definition) is 5. The predicted molar refractivity (Wildman–Crippen MR) is 101 cm³/mol. The molecular weight excluding hydrogens is 368 g/mol. The molecule has 27 heavy (non-hydrogen) atoms. The molecule has 0 N–H and O–H groups in total. The van der Waals surface area contributed by atoms with Crippen molar-refractivity contribution in [2.75, 3.05) is 32.6 Å². The molecule has 8 heteroatoms. The summed E-state index contributed by atoms with van der Waals surface area (Å²) in [6, 6.07) is 10.8. The van der Waals surface area contributed by atoms with Gasteiger partial charge in [0.25, 0.3) is 5.91 Å². The fourth-order valence-electron chi connectivity index (χ4n) is 2.99. The van der Waals surface area contributed by atoms with Crippen LogP contribution in [0.3, 0.4) is 0 Å². The molecule has 0 aliphatic carbocycles. The van der Waals surface area contributed by atoms with E-state index in [4.69, 9.17) is 4.74 Å². The summed E-state index contributed by atoms with van der Waals surface area (Å²) in [6.07, 6.45) is 0.221. The first-order valence-electron chi connectivity index (χ1n) is 8.32. The molecule has 2 aromatic carbocycles. The lowest BCUT2D eigenvalue weighted by Crippen LogP contribution is -2.37. The number of carbonyl (C=O) groups is 2. The van der Waals surface area contributed by atoms with Crippen LogP contribution in [0.15, 0.2) is 47.4 Å². The number of Topliss-reactive ketones (excluding diaryl/α,β-unsaturated/α-hetero) is 1. The average molecular weight is 388 g/mol. The van der Waals surface area contributed by atoms with Gasteiger partial charge in [-0.25, -0.2) is 12.7 Å². The molecule has 1 heterocycles. The molecule has 1 aliphatic rings. The number of anilines is 1. The monoisotopic (exact) mass is 388 g/mol. The van der Waals surface area contributed by atoms with Gasteiger partial charge in [0.05, 0.1) is 17.7 Å². The highest BCUT2D eigenvalue weighted by Gasteiger charge is 2.31. The Hall–Kier alpha value is -2.71. The number of amides is 1. The van der Waals surface area contributed by atoms with Gasteiger partial charge in [0.2, 0.25) is 10.0 Å². The van der Waals surface area contributed by atoms with Crippen LogP contribution in [0, 0.1) is 0 Å². The van der Waals surface area contributed by atoms with Crippen LogP contribution in [0.4, 0.5) is 5.69 Å². The number of ketones is 1. The maximum Gasteiger partial charge on any atom is 0.258 e. The number of methoxy groups -OCH3 is 1. The fourth-order valence-corrected chi connectivity index (χ4v) is 3.89. The molecule has 0 saturated carbocycles. The van der Waals surface area contributed by atoms with Crippen molar-refractivity contribution in [2.45, 2.75) is 11.3 Å². The molecule has 3 rings (SSSR count). The van der Waals surface area contributed by atoms with Gasteiger partial charge in [0.1, 0.15) is 5.75 Å². The molecule has 0 radical (unpaired) electrons.